The van der Waals surface area contributed by atoms with Gasteiger partial charge in [0.15, 0.2) is 0 Å². The van der Waals surface area contributed by atoms with Crippen molar-refractivity contribution in [3.05, 3.63) is 35.9 Å². The molecule has 32 heavy (non-hydrogen) atoms. The fraction of sp³-hybridized carbons (Fsp3) is 0.556. The third kappa shape index (κ3) is 8.29. The molecule has 0 aromatic heterocycles. The molecule has 5 N–H and O–H groups in total. The van der Waals surface area contributed by atoms with Crippen molar-refractivity contribution in [2.24, 2.45) is 5.16 Å². The second kappa shape index (κ2) is 12.5. The van der Waals surface area contributed by atoms with Gasteiger partial charge in [-0.05, 0) is 31.4 Å². The highest BCUT2D eigenvalue weighted by atomic mass is 32.3. The van der Waals surface area contributed by atoms with Crippen LogP contribution in [0.25, 0.3) is 0 Å². The van der Waals surface area contributed by atoms with E-state index in [-0.39, 0.29) is 18.1 Å². The fourth-order valence-corrected chi connectivity index (χ4v) is 4.05. The van der Waals surface area contributed by atoms with Crippen LogP contribution in [0, 0.1) is 0 Å². The summed E-state index contributed by atoms with van der Waals surface area (Å²) in [6, 6.07) is 8.38. The van der Waals surface area contributed by atoms with Crippen LogP contribution in [0.3, 0.4) is 0 Å². The van der Waals surface area contributed by atoms with Crippen LogP contribution in [-0.4, -0.2) is 87.5 Å². The summed E-state index contributed by atoms with van der Waals surface area (Å²) in [5, 5.41) is 42.4. The Morgan fingerprint density at radius 3 is 2.41 bits per heavy atom. The SMILES string of the molecule is O=C(OCCCC/C(=N\OS(=O)(=O)O)S[C@@H]1O[C@H](CO)[C@@H](O)[C@H](O)[C@H]1O)c1ccccc1. The lowest BCUT2D eigenvalue weighted by atomic mass is 10.0. The highest BCUT2D eigenvalue weighted by molar-refractivity contribution is 8.14. The number of oxime groups is 1. The van der Waals surface area contributed by atoms with Crippen LogP contribution >= 0.6 is 11.8 Å². The number of rotatable bonds is 10. The Morgan fingerprint density at radius 2 is 1.78 bits per heavy atom. The molecule has 12 nitrogen and oxygen atoms in total. The van der Waals surface area contributed by atoms with Gasteiger partial charge in [0, 0.05) is 0 Å². The van der Waals surface area contributed by atoms with Crippen LogP contribution in [0.15, 0.2) is 35.5 Å². The number of hydrogen-bond donors (Lipinski definition) is 5. The number of thioether (sulfide) groups is 1. The number of nitrogens with zero attached hydrogens (tertiary/aromatic N) is 1. The molecule has 180 valence electrons. The molecule has 0 saturated carbocycles. The molecule has 1 aromatic rings. The maximum Gasteiger partial charge on any atom is 0.466 e. The minimum atomic E-state index is -4.89. The highest BCUT2D eigenvalue weighted by Crippen LogP contribution is 2.30. The van der Waals surface area contributed by atoms with E-state index in [1.165, 1.54) is 0 Å². The molecule has 0 spiro atoms. The summed E-state index contributed by atoms with van der Waals surface area (Å²) in [6.45, 7) is -0.562. The van der Waals surface area contributed by atoms with Crippen LogP contribution < -0.4 is 0 Å². The number of esters is 1. The Kier molecular flexibility index (Phi) is 10.3. The average Bonchev–Trinajstić information content (AvgIpc) is 2.77. The van der Waals surface area contributed by atoms with Gasteiger partial charge >= 0.3 is 16.4 Å². The zero-order chi connectivity index (χ0) is 23.7. The summed E-state index contributed by atoms with van der Waals surface area (Å²) in [5.41, 5.74) is -0.820. The van der Waals surface area contributed by atoms with Crippen molar-refractivity contribution < 1.29 is 51.9 Å². The van der Waals surface area contributed by atoms with Crippen LogP contribution in [0.4, 0.5) is 0 Å². The summed E-state index contributed by atoms with van der Waals surface area (Å²) in [6.07, 6.45) is -5.12. The third-order valence-corrected chi connectivity index (χ3v) is 5.80. The molecular weight excluding hydrogens is 470 g/mol. The van der Waals surface area contributed by atoms with Gasteiger partial charge in [-0.3, -0.25) is 4.55 Å². The van der Waals surface area contributed by atoms with Crippen molar-refractivity contribution in [1.29, 1.82) is 0 Å². The van der Waals surface area contributed by atoms with E-state index < -0.39 is 52.8 Å². The summed E-state index contributed by atoms with van der Waals surface area (Å²) in [4.78, 5) is 11.9. The van der Waals surface area contributed by atoms with Gasteiger partial charge in [0.25, 0.3) is 0 Å². The Bertz CT molecular complexity index is 863. The molecule has 5 atom stereocenters. The number of aliphatic hydroxyl groups is 4. The van der Waals surface area contributed by atoms with Crippen molar-refractivity contribution in [3.8, 4) is 0 Å². The van der Waals surface area contributed by atoms with Gasteiger partial charge in [0.1, 0.15) is 34.9 Å². The molecule has 1 fully saturated rings. The molecule has 0 bridgehead atoms. The molecule has 1 aromatic carbocycles. The number of aliphatic hydroxyl groups excluding tert-OH is 4. The Balaban J connectivity index is 1.92. The lowest BCUT2D eigenvalue weighted by molar-refractivity contribution is -0.205. The van der Waals surface area contributed by atoms with E-state index in [0.29, 0.717) is 30.2 Å². The van der Waals surface area contributed by atoms with Crippen molar-refractivity contribution in [3.63, 3.8) is 0 Å². The number of ether oxygens (including phenoxy) is 2. The minimum absolute atomic E-state index is 0.0265. The van der Waals surface area contributed by atoms with Crippen LogP contribution in [-0.2, 0) is 24.2 Å². The van der Waals surface area contributed by atoms with Gasteiger partial charge < -0.3 is 29.9 Å². The molecule has 1 aliphatic heterocycles. The maximum atomic E-state index is 11.9. The van der Waals surface area contributed by atoms with Gasteiger partial charge in [-0.2, -0.15) is 8.42 Å². The smallest absolute Gasteiger partial charge is 0.462 e. The molecule has 0 radical (unpaired) electrons. The lowest BCUT2D eigenvalue weighted by Crippen LogP contribution is -2.57. The van der Waals surface area contributed by atoms with E-state index in [0.717, 1.165) is 0 Å². The highest BCUT2D eigenvalue weighted by Gasteiger charge is 2.44. The van der Waals surface area contributed by atoms with Gasteiger partial charge in [-0.15, -0.1) is 0 Å². The Hall–Kier alpha value is -1.78. The second-order valence-corrected chi connectivity index (χ2v) is 8.94. The van der Waals surface area contributed by atoms with E-state index in [1.54, 1.807) is 30.3 Å². The molecule has 2 rings (SSSR count). The first kappa shape index (κ1) is 26.5. The minimum Gasteiger partial charge on any atom is -0.462 e. The number of benzene rings is 1. The second-order valence-electron chi connectivity index (χ2n) is 6.76. The average molecular weight is 496 g/mol. The van der Waals surface area contributed by atoms with E-state index in [9.17, 15) is 33.6 Å². The normalized spacial score (nSPS) is 26.5. The predicted molar refractivity (Wildman–Crippen MR) is 112 cm³/mol. The van der Waals surface area contributed by atoms with Crippen molar-refractivity contribution in [1.82, 2.24) is 0 Å². The predicted octanol–water partition coefficient (Wildman–Crippen LogP) is -0.320. The zero-order valence-electron chi connectivity index (χ0n) is 16.8. The van der Waals surface area contributed by atoms with E-state index in [1.807, 2.05) is 0 Å². The number of carbonyl (C=O) groups is 1. The Labute approximate surface area is 188 Å². The number of carbonyl (C=O) groups excluding carboxylic acids is 1. The number of hydrogen-bond acceptors (Lipinski definition) is 12. The van der Waals surface area contributed by atoms with Crippen molar-refractivity contribution >= 4 is 33.2 Å². The van der Waals surface area contributed by atoms with E-state index >= 15 is 0 Å². The van der Waals surface area contributed by atoms with Gasteiger partial charge in [-0.25, -0.2) is 9.08 Å². The molecule has 1 saturated heterocycles. The van der Waals surface area contributed by atoms with Gasteiger partial charge in [-0.1, -0.05) is 35.1 Å². The lowest BCUT2D eigenvalue weighted by Gasteiger charge is -2.39. The zero-order valence-corrected chi connectivity index (χ0v) is 18.4. The first-order valence-corrected chi connectivity index (χ1v) is 11.8. The maximum absolute atomic E-state index is 11.9. The molecule has 0 amide bonds. The van der Waals surface area contributed by atoms with Gasteiger partial charge in [0.2, 0.25) is 0 Å². The molecule has 1 heterocycles. The quantitative estimate of drug-likeness (QED) is 0.0710. The van der Waals surface area contributed by atoms with Crippen LogP contribution in [0.5, 0.6) is 0 Å². The van der Waals surface area contributed by atoms with Crippen LogP contribution in [0.1, 0.15) is 29.6 Å². The first-order valence-electron chi connectivity index (χ1n) is 9.54. The summed E-state index contributed by atoms with van der Waals surface area (Å²) >= 11 is 0.688. The van der Waals surface area contributed by atoms with Crippen molar-refractivity contribution in [2.45, 2.75) is 49.1 Å². The monoisotopic (exact) mass is 495 g/mol. The van der Waals surface area contributed by atoms with Gasteiger partial charge in [0.05, 0.1) is 18.8 Å². The largest absolute Gasteiger partial charge is 0.466 e. The summed E-state index contributed by atoms with van der Waals surface area (Å²) < 4.78 is 44.9. The van der Waals surface area contributed by atoms with E-state index in [4.69, 9.17) is 14.0 Å². The molecule has 0 unspecified atom stereocenters. The number of unbranched alkanes of at least 4 members (excludes halogenated alkanes) is 1. The topological polar surface area (TPSA) is 192 Å². The van der Waals surface area contributed by atoms with E-state index in [2.05, 4.69) is 9.44 Å². The standard InChI is InChI=1S/C18H25NO11S2/c20-10-12-14(21)15(22)16(23)18(29-12)31-13(19-30-32(25,26)27)8-4-5-9-28-17(24)11-6-2-1-3-7-11/h1-3,6-7,12,14-16,18,20-23H,4-5,8-10H2,(H,25,26,27)/b19-13+/t12-,14-,15+,16-,18+/m1/s1. The summed E-state index contributed by atoms with van der Waals surface area (Å²) in [5.74, 6) is -0.495. The molecular formula is C18H25NO11S2. The first-order chi connectivity index (χ1) is 15.1. The van der Waals surface area contributed by atoms with Crippen molar-refractivity contribution in [2.75, 3.05) is 13.2 Å². The molecule has 14 heteroatoms. The third-order valence-electron chi connectivity index (χ3n) is 4.36. The Morgan fingerprint density at radius 1 is 1.09 bits per heavy atom. The fourth-order valence-electron chi connectivity index (χ4n) is 2.71. The van der Waals surface area contributed by atoms with Crippen LogP contribution in [0.2, 0.25) is 0 Å². The molecule has 1 aliphatic rings. The summed E-state index contributed by atoms with van der Waals surface area (Å²) in [7, 11) is -4.89. The molecule has 0 aliphatic carbocycles.